The minimum Gasteiger partial charge on any atom is -0.354 e. The Morgan fingerprint density at radius 3 is 2.36 bits per heavy atom. The number of nitrogens with zero attached hydrogens (tertiary/aromatic N) is 2. The van der Waals surface area contributed by atoms with Crippen LogP contribution in [0.5, 0.6) is 0 Å². The molecule has 1 aromatic heterocycles. The van der Waals surface area contributed by atoms with Crippen molar-refractivity contribution < 1.29 is 9.59 Å². The lowest BCUT2D eigenvalue weighted by molar-refractivity contribution is 0.0921. The van der Waals surface area contributed by atoms with Gasteiger partial charge >= 0.3 is 0 Å². The normalized spacial score (nSPS) is 9.64. The van der Waals surface area contributed by atoms with Crippen LogP contribution < -0.4 is 10.6 Å². The van der Waals surface area contributed by atoms with Crippen molar-refractivity contribution in [3.05, 3.63) is 17.7 Å². The third kappa shape index (κ3) is 1.59. The molecule has 6 nitrogen and oxygen atoms in total. The molecular weight excluding hydrogens is 184 g/mol. The van der Waals surface area contributed by atoms with Gasteiger partial charge in [-0.2, -0.15) is 0 Å². The van der Waals surface area contributed by atoms with E-state index in [0.717, 1.165) is 0 Å². The maximum Gasteiger partial charge on any atom is 0.272 e. The van der Waals surface area contributed by atoms with Gasteiger partial charge < -0.3 is 15.2 Å². The van der Waals surface area contributed by atoms with Gasteiger partial charge in [-0.05, 0) is 0 Å². The highest BCUT2D eigenvalue weighted by molar-refractivity contribution is 6.04. The molecule has 0 aliphatic carbocycles. The molecule has 0 radical (unpaired) electrons. The summed E-state index contributed by atoms with van der Waals surface area (Å²) in [7, 11) is 4.65. The zero-order valence-corrected chi connectivity index (χ0v) is 8.29. The smallest absolute Gasteiger partial charge is 0.272 e. The molecule has 0 aliphatic rings. The predicted molar refractivity (Wildman–Crippen MR) is 50.0 cm³/mol. The van der Waals surface area contributed by atoms with E-state index < -0.39 is 0 Å². The number of aryl methyl sites for hydroxylation is 1. The highest BCUT2D eigenvalue weighted by atomic mass is 16.2. The van der Waals surface area contributed by atoms with Gasteiger partial charge in [0.1, 0.15) is 5.69 Å². The Morgan fingerprint density at radius 1 is 1.29 bits per heavy atom. The summed E-state index contributed by atoms with van der Waals surface area (Å²) < 4.78 is 1.50. The highest BCUT2D eigenvalue weighted by Crippen LogP contribution is 2.05. The monoisotopic (exact) mass is 196 g/mol. The van der Waals surface area contributed by atoms with Gasteiger partial charge in [0.05, 0.1) is 6.33 Å². The van der Waals surface area contributed by atoms with Crippen LogP contribution in [0.3, 0.4) is 0 Å². The topological polar surface area (TPSA) is 76.0 Å². The van der Waals surface area contributed by atoms with E-state index in [1.807, 2.05) is 0 Å². The molecule has 0 atom stereocenters. The van der Waals surface area contributed by atoms with Gasteiger partial charge in [-0.25, -0.2) is 4.98 Å². The zero-order valence-electron chi connectivity index (χ0n) is 8.29. The van der Waals surface area contributed by atoms with Crippen LogP contribution in [0.1, 0.15) is 21.0 Å². The molecule has 0 fully saturated rings. The van der Waals surface area contributed by atoms with E-state index in [4.69, 9.17) is 0 Å². The first-order chi connectivity index (χ1) is 6.61. The van der Waals surface area contributed by atoms with Crippen molar-refractivity contribution in [1.82, 2.24) is 20.2 Å². The summed E-state index contributed by atoms with van der Waals surface area (Å²) in [6.07, 6.45) is 1.43. The maximum atomic E-state index is 11.4. The minimum atomic E-state index is -0.371. The van der Waals surface area contributed by atoms with Crippen LogP contribution in [0.4, 0.5) is 0 Å². The molecule has 0 saturated heterocycles. The molecule has 76 valence electrons. The second-order valence-electron chi connectivity index (χ2n) is 2.71. The van der Waals surface area contributed by atoms with Gasteiger partial charge in [-0.3, -0.25) is 9.59 Å². The predicted octanol–water partition coefficient (Wildman–Crippen LogP) is -0.861. The summed E-state index contributed by atoms with van der Waals surface area (Å²) in [5.74, 6) is -0.701. The van der Waals surface area contributed by atoms with Crippen molar-refractivity contribution in [1.29, 1.82) is 0 Å². The molecular formula is C8H12N4O2. The number of rotatable bonds is 2. The lowest BCUT2D eigenvalue weighted by atomic mass is 10.3. The van der Waals surface area contributed by atoms with Crippen LogP contribution in [0.25, 0.3) is 0 Å². The summed E-state index contributed by atoms with van der Waals surface area (Å²) in [6.45, 7) is 0. The van der Waals surface area contributed by atoms with Crippen molar-refractivity contribution in [2.45, 2.75) is 0 Å². The number of aromatic nitrogens is 2. The van der Waals surface area contributed by atoms with E-state index in [1.165, 1.54) is 25.0 Å². The molecule has 1 heterocycles. The Hall–Kier alpha value is -1.85. The Morgan fingerprint density at radius 2 is 1.86 bits per heavy atom. The summed E-state index contributed by atoms with van der Waals surface area (Å²) in [5, 5.41) is 4.87. The third-order valence-corrected chi connectivity index (χ3v) is 1.82. The number of imidazole rings is 1. The van der Waals surface area contributed by atoms with Crippen LogP contribution >= 0.6 is 0 Å². The fourth-order valence-corrected chi connectivity index (χ4v) is 1.10. The van der Waals surface area contributed by atoms with E-state index in [1.54, 1.807) is 7.05 Å². The lowest BCUT2D eigenvalue weighted by Crippen LogP contribution is -2.27. The van der Waals surface area contributed by atoms with Crippen LogP contribution in [0.2, 0.25) is 0 Å². The third-order valence-electron chi connectivity index (χ3n) is 1.82. The number of carbonyl (C=O) groups is 2. The van der Waals surface area contributed by atoms with E-state index in [2.05, 4.69) is 15.6 Å². The first-order valence-electron chi connectivity index (χ1n) is 4.07. The van der Waals surface area contributed by atoms with Crippen molar-refractivity contribution in [3.63, 3.8) is 0 Å². The molecule has 1 rings (SSSR count). The lowest BCUT2D eigenvalue weighted by Gasteiger charge is -2.02. The molecule has 0 spiro atoms. The molecule has 0 unspecified atom stereocenters. The van der Waals surface area contributed by atoms with Gasteiger partial charge in [-0.15, -0.1) is 0 Å². The number of hydrogen-bond donors (Lipinski definition) is 2. The number of amides is 2. The Labute approximate surface area is 81.3 Å². The minimum absolute atomic E-state index is 0.134. The second-order valence-corrected chi connectivity index (χ2v) is 2.71. The van der Waals surface area contributed by atoms with Crippen LogP contribution in [0.15, 0.2) is 6.33 Å². The molecule has 6 heteroatoms. The molecule has 0 saturated carbocycles. The Balaban J connectivity index is 3.19. The van der Waals surface area contributed by atoms with Crippen LogP contribution in [0, 0.1) is 0 Å². The second kappa shape index (κ2) is 3.91. The number of carbonyl (C=O) groups excluding carboxylic acids is 2. The summed E-state index contributed by atoms with van der Waals surface area (Å²) in [6, 6.07) is 0. The van der Waals surface area contributed by atoms with Crippen molar-refractivity contribution in [3.8, 4) is 0 Å². The van der Waals surface area contributed by atoms with Crippen molar-refractivity contribution in [2.24, 2.45) is 7.05 Å². The molecule has 0 aromatic carbocycles. The average molecular weight is 196 g/mol. The number of nitrogens with one attached hydrogen (secondary N) is 2. The zero-order chi connectivity index (χ0) is 10.7. The first kappa shape index (κ1) is 10.2. The van der Waals surface area contributed by atoms with E-state index >= 15 is 0 Å². The van der Waals surface area contributed by atoms with Crippen molar-refractivity contribution in [2.75, 3.05) is 14.1 Å². The van der Waals surface area contributed by atoms with Gasteiger partial charge in [0.2, 0.25) is 0 Å². The van der Waals surface area contributed by atoms with Gasteiger partial charge in [-0.1, -0.05) is 0 Å². The fourth-order valence-electron chi connectivity index (χ4n) is 1.10. The van der Waals surface area contributed by atoms with E-state index in [9.17, 15) is 9.59 Å². The number of hydrogen-bond acceptors (Lipinski definition) is 3. The molecule has 2 amide bonds. The molecule has 1 aromatic rings. The van der Waals surface area contributed by atoms with E-state index in [-0.39, 0.29) is 23.2 Å². The molecule has 2 N–H and O–H groups in total. The quantitative estimate of drug-likeness (QED) is 0.646. The molecule has 0 aliphatic heterocycles. The van der Waals surface area contributed by atoms with Gasteiger partial charge in [0, 0.05) is 21.1 Å². The van der Waals surface area contributed by atoms with Crippen LogP contribution in [-0.4, -0.2) is 35.5 Å². The first-order valence-corrected chi connectivity index (χ1v) is 4.07. The fraction of sp³-hybridized carbons (Fsp3) is 0.375. The summed E-state index contributed by atoms with van der Waals surface area (Å²) in [4.78, 5) is 26.5. The SMILES string of the molecule is CNC(=O)c1ncn(C)c1C(=O)NC. The highest BCUT2D eigenvalue weighted by Gasteiger charge is 2.20. The van der Waals surface area contributed by atoms with Gasteiger partial charge in [0.25, 0.3) is 11.8 Å². The molecule has 14 heavy (non-hydrogen) atoms. The van der Waals surface area contributed by atoms with Gasteiger partial charge in [0.15, 0.2) is 5.69 Å². The van der Waals surface area contributed by atoms with E-state index in [0.29, 0.717) is 0 Å². The largest absolute Gasteiger partial charge is 0.354 e. The Bertz CT molecular complexity index is 369. The van der Waals surface area contributed by atoms with Crippen LogP contribution in [-0.2, 0) is 7.05 Å². The Kier molecular flexibility index (Phi) is 2.85. The molecule has 0 bridgehead atoms. The summed E-state index contributed by atoms with van der Waals surface area (Å²) >= 11 is 0. The standard InChI is InChI=1S/C8H12N4O2/c1-9-7(13)5-6(8(14)10-2)12(3)4-11-5/h4H,1-3H3,(H,9,13)(H,10,14). The maximum absolute atomic E-state index is 11.4. The average Bonchev–Trinajstić information content (AvgIpc) is 2.58. The van der Waals surface area contributed by atoms with Crippen molar-refractivity contribution >= 4 is 11.8 Å². The summed E-state index contributed by atoms with van der Waals surface area (Å²) in [5.41, 5.74) is 0.390.